The fourth-order valence-electron chi connectivity index (χ4n) is 5.95. The van der Waals surface area contributed by atoms with Crippen molar-refractivity contribution >= 4 is 23.5 Å². The molecule has 3 unspecified atom stereocenters. The molecule has 5 rings (SSSR count). The molecular weight excluding hydrogens is 484 g/mol. The van der Waals surface area contributed by atoms with Gasteiger partial charge in [-0.15, -0.1) is 10.2 Å². The summed E-state index contributed by atoms with van der Waals surface area (Å²) in [6.07, 6.45) is 2.00. The van der Waals surface area contributed by atoms with Gasteiger partial charge in [0.25, 0.3) is 5.91 Å². The highest BCUT2D eigenvalue weighted by Crippen LogP contribution is 2.66. The third kappa shape index (κ3) is 4.15. The SMILES string of the molecule is COc1ccc(C(=O)NCc2nnc(SC3C(=O)C4(C)CCC3C4(C)C)n2-c2cc(C)ccc2C)cc1. The molecule has 2 saturated carbocycles. The maximum Gasteiger partial charge on any atom is 0.251 e. The number of fused-ring (bicyclic) bond motifs is 2. The van der Waals surface area contributed by atoms with Gasteiger partial charge in [-0.25, -0.2) is 0 Å². The van der Waals surface area contributed by atoms with Crippen molar-refractivity contribution in [3.05, 3.63) is 65.0 Å². The molecule has 2 aliphatic carbocycles. The van der Waals surface area contributed by atoms with Crippen LogP contribution in [0.2, 0.25) is 0 Å². The molecule has 0 saturated heterocycles. The van der Waals surface area contributed by atoms with Gasteiger partial charge in [-0.3, -0.25) is 14.2 Å². The first kappa shape index (κ1) is 25.5. The Morgan fingerprint density at radius 2 is 1.86 bits per heavy atom. The van der Waals surface area contributed by atoms with Crippen LogP contribution in [0.1, 0.15) is 60.9 Å². The molecule has 194 valence electrons. The Labute approximate surface area is 222 Å². The number of nitrogens with zero attached hydrogens (tertiary/aromatic N) is 3. The standard InChI is InChI=1S/C29H34N4O3S/c1-17-7-8-18(2)22(15-17)33-23(16-30-26(35)19-9-11-20(36-6)12-10-19)31-32-27(33)37-24-21-13-14-29(5,25(24)34)28(21,3)4/h7-12,15,21,24H,13-14,16H2,1-6H3,(H,30,35). The number of carbonyl (C=O) groups excluding carboxylic acids is 2. The van der Waals surface area contributed by atoms with E-state index in [1.807, 2.05) is 11.5 Å². The van der Waals surface area contributed by atoms with Crippen LogP contribution in [0.5, 0.6) is 5.75 Å². The van der Waals surface area contributed by atoms with Crippen LogP contribution in [0.25, 0.3) is 5.69 Å². The van der Waals surface area contributed by atoms with E-state index in [1.165, 1.54) is 11.8 Å². The minimum atomic E-state index is -0.297. The second-order valence-corrected chi connectivity index (χ2v) is 12.1. The van der Waals surface area contributed by atoms with Gasteiger partial charge >= 0.3 is 0 Å². The van der Waals surface area contributed by atoms with Crippen LogP contribution in [-0.4, -0.2) is 38.8 Å². The number of carbonyl (C=O) groups is 2. The molecule has 2 aromatic carbocycles. The molecule has 3 atom stereocenters. The molecule has 1 N–H and O–H groups in total. The van der Waals surface area contributed by atoms with E-state index in [2.05, 4.69) is 61.4 Å². The normalized spacial score (nSPS) is 23.9. The first-order chi connectivity index (χ1) is 17.6. The van der Waals surface area contributed by atoms with Crippen LogP contribution in [0, 0.1) is 30.6 Å². The summed E-state index contributed by atoms with van der Waals surface area (Å²) in [5.74, 6) is 1.74. The number of nitrogens with one attached hydrogen (secondary N) is 1. The number of Topliss-reactive ketones (excluding diaryl/α,β-unsaturated/α-hetero) is 1. The van der Waals surface area contributed by atoms with Crippen LogP contribution >= 0.6 is 11.8 Å². The van der Waals surface area contributed by atoms with Gasteiger partial charge in [-0.2, -0.15) is 0 Å². The van der Waals surface area contributed by atoms with Crippen molar-refractivity contribution in [2.45, 2.75) is 64.4 Å². The van der Waals surface area contributed by atoms with E-state index in [0.717, 1.165) is 29.7 Å². The van der Waals surface area contributed by atoms with Gasteiger partial charge in [0.05, 0.1) is 24.6 Å². The van der Waals surface area contributed by atoms with Crippen molar-refractivity contribution in [2.75, 3.05) is 7.11 Å². The lowest BCUT2D eigenvalue weighted by Crippen LogP contribution is -2.34. The third-order valence-electron chi connectivity index (χ3n) is 8.77. The zero-order valence-corrected chi connectivity index (χ0v) is 23.1. The Kier molecular flexibility index (Phi) is 6.42. The number of benzene rings is 2. The third-order valence-corrected chi connectivity index (χ3v) is 10.0. The smallest absolute Gasteiger partial charge is 0.251 e. The molecule has 7 nitrogen and oxygen atoms in total. The summed E-state index contributed by atoms with van der Waals surface area (Å²) < 4.78 is 7.20. The first-order valence-electron chi connectivity index (χ1n) is 12.7. The monoisotopic (exact) mass is 518 g/mol. The Morgan fingerprint density at radius 3 is 2.51 bits per heavy atom. The van der Waals surface area contributed by atoms with Crippen LogP contribution in [0.4, 0.5) is 0 Å². The number of thioether (sulfide) groups is 1. The van der Waals surface area contributed by atoms with E-state index in [-0.39, 0.29) is 28.5 Å². The zero-order valence-electron chi connectivity index (χ0n) is 22.3. The Bertz CT molecular complexity index is 1360. The van der Waals surface area contributed by atoms with Gasteiger partial charge in [0.2, 0.25) is 0 Å². The van der Waals surface area contributed by atoms with E-state index in [0.29, 0.717) is 34.0 Å². The molecule has 2 bridgehead atoms. The van der Waals surface area contributed by atoms with E-state index in [4.69, 9.17) is 4.74 Å². The largest absolute Gasteiger partial charge is 0.497 e. The summed E-state index contributed by atoms with van der Waals surface area (Å²) in [6, 6.07) is 13.2. The van der Waals surface area contributed by atoms with Crippen molar-refractivity contribution in [1.29, 1.82) is 0 Å². The quantitative estimate of drug-likeness (QED) is 0.456. The Morgan fingerprint density at radius 1 is 1.14 bits per heavy atom. The van der Waals surface area contributed by atoms with E-state index in [1.54, 1.807) is 31.4 Å². The van der Waals surface area contributed by atoms with Crippen molar-refractivity contribution in [3.8, 4) is 11.4 Å². The molecule has 37 heavy (non-hydrogen) atoms. The molecule has 0 radical (unpaired) electrons. The molecule has 1 aromatic heterocycles. The predicted octanol–water partition coefficient (Wildman–Crippen LogP) is 5.31. The summed E-state index contributed by atoms with van der Waals surface area (Å²) in [5.41, 5.74) is 3.35. The second kappa shape index (κ2) is 9.31. The number of ketones is 1. The minimum absolute atomic E-state index is 0.0407. The van der Waals surface area contributed by atoms with Gasteiger partial charge in [0.1, 0.15) is 5.75 Å². The number of rotatable bonds is 7. The number of aromatic nitrogens is 3. The fourth-order valence-corrected chi connectivity index (χ4v) is 7.58. The first-order valence-corrected chi connectivity index (χ1v) is 13.6. The van der Waals surface area contributed by atoms with Gasteiger partial charge in [0, 0.05) is 11.0 Å². The van der Waals surface area contributed by atoms with Crippen molar-refractivity contribution in [2.24, 2.45) is 16.7 Å². The number of amides is 1. The minimum Gasteiger partial charge on any atom is -0.497 e. The van der Waals surface area contributed by atoms with E-state index >= 15 is 0 Å². The maximum atomic E-state index is 13.6. The predicted molar refractivity (Wildman–Crippen MR) is 144 cm³/mol. The van der Waals surface area contributed by atoms with E-state index in [9.17, 15) is 9.59 Å². The van der Waals surface area contributed by atoms with Gasteiger partial charge in [0.15, 0.2) is 16.8 Å². The highest BCUT2D eigenvalue weighted by atomic mass is 32.2. The lowest BCUT2D eigenvalue weighted by Gasteiger charge is -2.32. The molecule has 2 fully saturated rings. The number of hydrogen-bond acceptors (Lipinski definition) is 6. The molecule has 2 aliphatic rings. The summed E-state index contributed by atoms with van der Waals surface area (Å²) in [6.45, 7) is 10.9. The number of aryl methyl sites for hydroxylation is 2. The topological polar surface area (TPSA) is 86.1 Å². The average molecular weight is 519 g/mol. The number of methoxy groups -OCH3 is 1. The Hall–Kier alpha value is -3.13. The van der Waals surface area contributed by atoms with Gasteiger partial charge < -0.3 is 10.1 Å². The lowest BCUT2D eigenvalue weighted by atomic mass is 9.70. The Balaban J connectivity index is 1.46. The van der Waals surface area contributed by atoms with Crippen LogP contribution in [0.3, 0.4) is 0 Å². The summed E-state index contributed by atoms with van der Waals surface area (Å²) >= 11 is 1.53. The van der Waals surface area contributed by atoms with Crippen LogP contribution in [-0.2, 0) is 11.3 Å². The van der Waals surface area contributed by atoms with Crippen LogP contribution in [0.15, 0.2) is 47.6 Å². The highest BCUT2D eigenvalue weighted by molar-refractivity contribution is 8.00. The van der Waals surface area contributed by atoms with E-state index < -0.39 is 0 Å². The lowest BCUT2D eigenvalue weighted by molar-refractivity contribution is -0.127. The maximum absolute atomic E-state index is 13.6. The van der Waals surface area contributed by atoms with Crippen molar-refractivity contribution < 1.29 is 14.3 Å². The number of hydrogen-bond donors (Lipinski definition) is 1. The van der Waals surface area contributed by atoms with Gasteiger partial charge in [-0.1, -0.05) is 44.7 Å². The average Bonchev–Trinajstić information content (AvgIpc) is 3.43. The number of ether oxygens (including phenoxy) is 1. The van der Waals surface area contributed by atoms with Gasteiger partial charge in [-0.05, 0) is 79.5 Å². The molecular formula is C29H34N4O3S. The van der Waals surface area contributed by atoms with Crippen molar-refractivity contribution in [3.63, 3.8) is 0 Å². The highest BCUT2D eigenvalue weighted by Gasteiger charge is 2.66. The second-order valence-electron chi connectivity index (χ2n) is 11.0. The molecule has 3 aromatic rings. The summed E-state index contributed by atoms with van der Waals surface area (Å²) in [7, 11) is 1.59. The molecule has 1 amide bonds. The van der Waals surface area contributed by atoms with Crippen molar-refractivity contribution in [1.82, 2.24) is 20.1 Å². The molecule has 1 heterocycles. The summed E-state index contributed by atoms with van der Waals surface area (Å²) in [4.78, 5) is 26.4. The zero-order chi connectivity index (χ0) is 26.5. The molecule has 0 aliphatic heterocycles. The summed E-state index contributed by atoms with van der Waals surface area (Å²) in [5, 5.41) is 12.5. The van der Waals surface area contributed by atoms with Crippen LogP contribution < -0.4 is 10.1 Å². The fraction of sp³-hybridized carbons (Fsp3) is 0.448. The molecule has 8 heteroatoms. The molecule has 0 spiro atoms.